The smallest absolute Gasteiger partial charge is 0.282 e. The summed E-state index contributed by atoms with van der Waals surface area (Å²) in [5.74, 6) is -1.89. The number of para-hydroxylation sites is 2. The summed E-state index contributed by atoms with van der Waals surface area (Å²) < 4.78 is 32.5. The van der Waals surface area contributed by atoms with E-state index in [9.17, 15) is 18.4 Å². The van der Waals surface area contributed by atoms with Crippen LogP contribution in [-0.2, 0) is 9.59 Å². The Labute approximate surface area is 171 Å². The fourth-order valence-electron chi connectivity index (χ4n) is 3.26. The number of imide groups is 1. The molecule has 0 bridgehead atoms. The molecule has 2 amide bonds. The zero-order chi connectivity index (χ0) is 21.3. The van der Waals surface area contributed by atoms with E-state index in [-0.39, 0.29) is 17.0 Å². The van der Waals surface area contributed by atoms with Gasteiger partial charge in [0, 0.05) is 0 Å². The van der Waals surface area contributed by atoms with Crippen molar-refractivity contribution < 1.29 is 23.1 Å². The van der Waals surface area contributed by atoms with Gasteiger partial charge in [-0.15, -0.1) is 0 Å². The summed E-state index contributed by atoms with van der Waals surface area (Å²) in [6, 6.07) is 17.3. The van der Waals surface area contributed by atoms with E-state index in [2.05, 4.69) is 5.32 Å². The van der Waals surface area contributed by atoms with Crippen molar-refractivity contribution in [1.29, 1.82) is 0 Å². The maximum absolute atomic E-state index is 13.7. The van der Waals surface area contributed by atoms with Gasteiger partial charge >= 0.3 is 0 Å². The van der Waals surface area contributed by atoms with Gasteiger partial charge in [-0.1, -0.05) is 30.3 Å². The molecule has 0 radical (unpaired) electrons. The van der Waals surface area contributed by atoms with Gasteiger partial charge in [-0.2, -0.15) is 0 Å². The number of hydrogen-bond acceptors (Lipinski definition) is 4. The third kappa shape index (κ3) is 3.41. The highest BCUT2D eigenvalue weighted by molar-refractivity contribution is 6.46. The maximum Gasteiger partial charge on any atom is 0.282 e. The predicted molar refractivity (Wildman–Crippen MR) is 109 cm³/mol. The molecular weight excluding hydrogens is 390 g/mol. The van der Waals surface area contributed by atoms with Crippen LogP contribution in [0.15, 0.2) is 78.5 Å². The summed E-state index contributed by atoms with van der Waals surface area (Å²) in [5.41, 5.74) is 0.958. The molecule has 0 atom stereocenters. The highest BCUT2D eigenvalue weighted by Gasteiger charge is 2.40. The fraction of sp³-hybridized carbons (Fsp3) is 0.0435. The normalized spacial score (nSPS) is 13.8. The van der Waals surface area contributed by atoms with Crippen molar-refractivity contribution in [1.82, 2.24) is 0 Å². The summed E-state index contributed by atoms with van der Waals surface area (Å²) in [4.78, 5) is 27.3. The number of ether oxygens (including phenoxy) is 1. The van der Waals surface area contributed by atoms with E-state index in [4.69, 9.17) is 4.74 Å². The van der Waals surface area contributed by atoms with Crippen LogP contribution in [0.1, 0.15) is 5.56 Å². The van der Waals surface area contributed by atoms with E-state index >= 15 is 0 Å². The summed E-state index contributed by atoms with van der Waals surface area (Å²) in [6.45, 7) is 0. The Morgan fingerprint density at radius 2 is 1.57 bits per heavy atom. The van der Waals surface area contributed by atoms with E-state index < -0.39 is 23.4 Å². The van der Waals surface area contributed by atoms with Crippen LogP contribution in [-0.4, -0.2) is 18.9 Å². The molecule has 1 heterocycles. The number of carbonyl (C=O) groups excluding carboxylic acids is 2. The second kappa shape index (κ2) is 7.79. The van der Waals surface area contributed by atoms with E-state index in [1.807, 2.05) is 0 Å². The number of nitrogens with zero attached hydrogens (tertiary/aromatic N) is 1. The molecule has 0 fully saturated rings. The Morgan fingerprint density at radius 1 is 0.833 bits per heavy atom. The molecule has 0 aromatic heterocycles. The number of halogens is 2. The second-order valence-corrected chi connectivity index (χ2v) is 6.51. The van der Waals surface area contributed by atoms with Crippen molar-refractivity contribution in [2.45, 2.75) is 0 Å². The van der Waals surface area contributed by atoms with Gasteiger partial charge in [-0.25, -0.2) is 13.7 Å². The number of amides is 2. The van der Waals surface area contributed by atoms with Crippen LogP contribution in [0.4, 0.5) is 20.2 Å². The molecule has 1 aliphatic rings. The lowest BCUT2D eigenvalue weighted by Crippen LogP contribution is -2.32. The summed E-state index contributed by atoms with van der Waals surface area (Å²) in [6.07, 6.45) is 0. The van der Waals surface area contributed by atoms with Gasteiger partial charge in [0.15, 0.2) is 0 Å². The quantitative estimate of drug-likeness (QED) is 0.640. The van der Waals surface area contributed by atoms with Gasteiger partial charge in [0.25, 0.3) is 11.8 Å². The predicted octanol–water partition coefficient (Wildman–Crippen LogP) is 4.37. The van der Waals surface area contributed by atoms with E-state index in [0.29, 0.717) is 17.0 Å². The van der Waals surface area contributed by atoms with Gasteiger partial charge in [0.1, 0.15) is 23.1 Å². The Morgan fingerprint density at radius 3 is 2.27 bits per heavy atom. The molecule has 0 saturated heterocycles. The minimum atomic E-state index is -0.657. The Kier molecular flexibility index (Phi) is 5.02. The van der Waals surface area contributed by atoms with Crippen molar-refractivity contribution in [2.75, 3.05) is 17.3 Å². The largest absolute Gasteiger partial charge is 0.495 e. The topological polar surface area (TPSA) is 58.6 Å². The molecular formula is C23H16F2N2O3. The van der Waals surface area contributed by atoms with Crippen LogP contribution in [0, 0.1) is 11.6 Å². The van der Waals surface area contributed by atoms with Gasteiger partial charge in [0.2, 0.25) is 0 Å². The number of hydrogen-bond donors (Lipinski definition) is 1. The summed E-state index contributed by atoms with van der Waals surface area (Å²) in [7, 11) is 1.48. The molecule has 3 aromatic carbocycles. The first-order valence-corrected chi connectivity index (χ1v) is 9.04. The van der Waals surface area contributed by atoms with Crippen LogP contribution in [0.5, 0.6) is 5.75 Å². The Bertz CT molecular complexity index is 1170. The summed E-state index contributed by atoms with van der Waals surface area (Å²) in [5, 5.41) is 2.97. The monoisotopic (exact) mass is 406 g/mol. The van der Waals surface area contributed by atoms with Gasteiger partial charge in [-0.05, 0) is 48.0 Å². The van der Waals surface area contributed by atoms with Crippen LogP contribution in [0.25, 0.3) is 5.57 Å². The number of carbonyl (C=O) groups is 2. The van der Waals surface area contributed by atoms with Crippen molar-refractivity contribution in [3.8, 4) is 5.75 Å². The lowest BCUT2D eigenvalue weighted by Gasteiger charge is -2.16. The fourth-order valence-corrected chi connectivity index (χ4v) is 3.26. The number of nitrogens with one attached hydrogen (secondary N) is 1. The highest BCUT2D eigenvalue weighted by Crippen LogP contribution is 2.35. The molecule has 30 heavy (non-hydrogen) atoms. The van der Waals surface area contributed by atoms with Crippen LogP contribution < -0.4 is 15.0 Å². The van der Waals surface area contributed by atoms with Gasteiger partial charge in [-0.3, -0.25) is 9.59 Å². The van der Waals surface area contributed by atoms with E-state index in [1.54, 1.807) is 24.3 Å². The molecule has 0 aliphatic carbocycles. The third-order valence-electron chi connectivity index (χ3n) is 4.65. The number of benzene rings is 3. The van der Waals surface area contributed by atoms with Crippen molar-refractivity contribution in [3.63, 3.8) is 0 Å². The van der Waals surface area contributed by atoms with E-state index in [1.165, 1.54) is 49.6 Å². The molecule has 7 heteroatoms. The van der Waals surface area contributed by atoms with Crippen molar-refractivity contribution >= 4 is 28.8 Å². The molecule has 0 saturated carbocycles. The molecule has 1 aliphatic heterocycles. The number of anilines is 2. The first kappa shape index (κ1) is 19.3. The number of rotatable bonds is 5. The zero-order valence-corrected chi connectivity index (χ0v) is 15.9. The lowest BCUT2D eigenvalue weighted by molar-refractivity contribution is -0.120. The van der Waals surface area contributed by atoms with Crippen molar-refractivity contribution in [2.24, 2.45) is 0 Å². The average molecular weight is 406 g/mol. The minimum Gasteiger partial charge on any atom is -0.495 e. The van der Waals surface area contributed by atoms with Crippen LogP contribution in [0.2, 0.25) is 0 Å². The second-order valence-electron chi connectivity index (χ2n) is 6.51. The molecule has 5 nitrogen and oxygen atoms in total. The lowest BCUT2D eigenvalue weighted by atomic mass is 10.0. The van der Waals surface area contributed by atoms with Crippen molar-refractivity contribution in [3.05, 3.63) is 95.7 Å². The first-order valence-electron chi connectivity index (χ1n) is 9.04. The standard InChI is InChI=1S/C23H16F2N2O3/c1-30-19-8-3-2-7-18(19)26-21-20(14-9-11-15(24)12-10-14)22(28)27(23(21)29)17-6-4-5-16(25)13-17/h2-13,26H,1H3. The van der Waals surface area contributed by atoms with Gasteiger partial charge in [0.05, 0.1) is 24.1 Å². The molecule has 0 spiro atoms. The molecule has 1 N–H and O–H groups in total. The molecule has 150 valence electrons. The molecule has 3 aromatic rings. The summed E-state index contributed by atoms with van der Waals surface area (Å²) >= 11 is 0. The zero-order valence-electron chi connectivity index (χ0n) is 15.9. The minimum absolute atomic E-state index is 0.0135. The molecule has 4 rings (SSSR count). The van der Waals surface area contributed by atoms with Gasteiger partial charge < -0.3 is 10.1 Å². The van der Waals surface area contributed by atoms with E-state index in [0.717, 1.165) is 11.0 Å². The third-order valence-corrected chi connectivity index (χ3v) is 4.65. The first-order chi connectivity index (χ1) is 14.5. The Balaban J connectivity index is 1.85. The Hall–Kier alpha value is -4.00. The highest BCUT2D eigenvalue weighted by atomic mass is 19.1. The number of methoxy groups -OCH3 is 1. The SMILES string of the molecule is COc1ccccc1NC1=C(c2ccc(F)cc2)C(=O)N(c2cccc(F)c2)C1=O. The van der Waals surface area contributed by atoms with Crippen LogP contribution in [0.3, 0.4) is 0 Å². The average Bonchev–Trinajstić information content (AvgIpc) is 2.99. The van der Waals surface area contributed by atoms with Crippen LogP contribution >= 0.6 is 0 Å². The maximum atomic E-state index is 13.7. The molecule has 0 unspecified atom stereocenters.